The molecule has 0 aliphatic carbocycles. The van der Waals surface area contributed by atoms with Crippen molar-refractivity contribution in [2.75, 3.05) is 39.8 Å². The van der Waals surface area contributed by atoms with Crippen LogP contribution in [-0.4, -0.2) is 162 Å². The molecule has 16 heteroatoms. The lowest BCUT2D eigenvalue weighted by molar-refractivity contribution is -0.315. The Balaban J connectivity index is 1.84. The van der Waals surface area contributed by atoms with Crippen LogP contribution in [0.15, 0.2) is 4.99 Å². The van der Waals surface area contributed by atoms with Gasteiger partial charge < -0.3 is 58.1 Å². The molecular weight excluding hydrogens is 773 g/mol. The second-order valence-corrected chi connectivity index (χ2v) is 18.9. The Kier molecular flexibility index (Phi) is 17.0. The molecule has 4 fully saturated rings. The fourth-order valence-electron chi connectivity index (χ4n) is 9.45. The normalized spacial score (nSPS) is 46.7. The monoisotopic (exact) mass is 846 g/mol. The van der Waals surface area contributed by atoms with Crippen LogP contribution < -0.4 is 0 Å². The number of ether oxygens (including phenoxy) is 8. The molecule has 0 unspecified atom stereocenters. The van der Waals surface area contributed by atoms with E-state index in [1.54, 1.807) is 60.4 Å². The highest BCUT2D eigenvalue weighted by molar-refractivity contribution is 7.98. The predicted molar refractivity (Wildman–Crippen MR) is 219 cm³/mol. The molecule has 4 aliphatic heterocycles. The first-order valence-electron chi connectivity index (χ1n) is 21.1. The third-order valence-electron chi connectivity index (χ3n) is 13.4. The van der Waals surface area contributed by atoms with Gasteiger partial charge in [0.25, 0.3) is 6.02 Å². The molecule has 4 heterocycles. The standard InChI is InChI=1S/C42H74N2O13S/c1-15-29-42(10,49)34(46)24(4)31(45)22(2)20-41(9,51-13)36(57-38-33-28(19-23(3)52-38)44(11)39(56-33)43-17-16-18-58-14)25(5)32(26(6)37(48)54-29)55-30-21-40(8,50-12)35(47)27(7)53-30/h22-30,32-36,38,46-47,49H,15-21H2,1-14H3/t22-,23-,24+,25+,26-,27+,28+,29-,30+,32+,33-,34-,35+,36-,38+,40-,41-,42-/m1/s1. The molecule has 4 aliphatic rings. The van der Waals surface area contributed by atoms with Crippen LogP contribution in [0.1, 0.15) is 101 Å². The highest BCUT2D eigenvalue weighted by atomic mass is 32.2. The van der Waals surface area contributed by atoms with E-state index < -0.39 is 102 Å². The summed E-state index contributed by atoms with van der Waals surface area (Å²) in [6.45, 7) is 18.0. The van der Waals surface area contributed by atoms with Gasteiger partial charge in [-0.2, -0.15) is 11.8 Å². The van der Waals surface area contributed by atoms with Gasteiger partial charge in [0.15, 0.2) is 18.7 Å². The Morgan fingerprint density at radius 1 is 0.914 bits per heavy atom. The van der Waals surface area contributed by atoms with Crippen molar-refractivity contribution in [3.05, 3.63) is 0 Å². The summed E-state index contributed by atoms with van der Waals surface area (Å²) in [6.07, 6.45) is -4.74. The minimum Gasteiger partial charge on any atom is -0.459 e. The van der Waals surface area contributed by atoms with E-state index in [1.807, 2.05) is 32.7 Å². The quantitative estimate of drug-likeness (QED) is 0.201. The van der Waals surface area contributed by atoms with Gasteiger partial charge in [0.2, 0.25) is 0 Å². The first kappa shape index (κ1) is 49.1. The molecule has 0 radical (unpaired) electrons. The summed E-state index contributed by atoms with van der Waals surface area (Å²) in [5, 5.41) is 34.3. The molecule has 15 nitrogen and oxygen atoms in total. The molecule has 0 aromatic rings. The molecule has 336 valence electrons. The summed E-state index contributed by atoms with van der Waals surface area (Å²) >= 11 is 1.77. The lowest BCUT2D eigenvalue weighted by Crippen LogP contribution is -2.61. The third-order valence-corrected chi connectivity index (χ3v) is 14.1. The number of cyclic esters (lactones) is 1. The average molecular weight is 847 g/mol. The number of Topliss-reactive ketones (excluding diaryl/α,β-unsaturated/α-hetero) is 1. The SMILES string of the molecule is CC[C@H]1OC(=O)[C@H](C)[C@@H](O[C@H]2C[C@@](C)(OC)[C@@H](O)[C@H](C)O2)[C@H](C)[C@@H](O[C@@H]2O[C@H](C)C[C@H]3[C@H]2OC(=NCCCSC)N3C)[C@](C)(OC)C[C@@H](C)C(=O)[C@H](C)[C@@H](O)[C@]1(C)O. The number of thioether (sulfide) groups is 1. The lowest BCUT2D eigenvalue weighted by atomic mass is 9.74. The van der Waals surface area contributed by atoms with Gasteiger partial charge in [-0.25, -0.2) is 4.99 Å². The number of nitrogens with zero attached hydrogens (tertiary/aromatic N) is 2. The Bertz CT molecular complexity index is 1410. The summed E-state index contributed by atoms with van der Waals surface area (Å²) in [7, 11) is 5.04. The number of amidine groups is 1. The van der Waals surface area contributed by atoms with Crippen molar-refractivity contribution >= 4 is 29.5 Å². The van der Waals surface area contributed by atoms with Crippen molar-refractivity contribution in [1.82, 2.24) is 4.90 Å². The predicted octanol–water partition coefficient (Wildman–Crippen LogP) is 3.96. The van der Waals surface area contributed by atoms with E-state index in [2.05, 4.69) is 6.26 Å². The number of methoxy groups -OCH3 is 2. The number of carbonyl (C=O) groups excluding carboxylic acids is 2. The summed E-state index contributed by atoms with van der Waals surface area (Å²) < 4.78 is 51.5. The number of aliphatic imine (C=N–C) groups is 1. The number of aliphatic hydroxyl groups is 3. The number of rotatable bonds is 11. The van der Waals surface area contributed by atoms with Crippen LogP contribution in [0.2, 0.25) is 0 Å². The number of esters is 1. The number of likely N-dealkylation sites (N-methyl/N-ethyl adjacent to an activating group) is 1. The second-order valence-electron chi connectivity index (χ2n) is 17.9. The maximum Gasteiger partial charge on any atom is 0.311 e. The van der Waals surface area contributed by atoms with Crippen LogP contribution in [0.3, 0.4) is 0 Å². The first-order chi connectivity index (χ1) is 27.1. The molecule has 0 aromatic heterocycles. The number of aliphatic hydroxyl groups excluding tert-OH is 2. The van der Waals surface area contributed by atoms with Gasteiger partial charge in [0.1, 0.15) is 23.6 Å². The van der Waals surface area contributed by atoms with Crippen molar-refractivity contribution in [3.8, 4) is 0 Å². The largest absolute Gasteiger partial charge is 0.459 e. The van der Waals surface area contributed by atoms with Crippen molar-refractivity contribution in [2.45, 2.75) is 186 Å². The Hall–Kier alpha value is -1.60. The zero-order valence-electron chi connectivity index (χ0n) is 37.3. The number of hydrogen-bond donors (Lipinski definition) is 3. The van der Waals surface area contributed by atoms with E-state index in [1.165, 1.54) is 14.0 Å². The summed E-state index contributed by atoms with van der Waals surface area (Å²) in [4.78, 5) is 35.3. The van der Waals surface area contributed by atoms with E-state index in [9.17, 15) is 24.9 Å². The highest BCUT2D eigenvalue weighted by Gasteiger charge is 2.56. The zero-order valence-corrected chi connectivity index (χ0v) is 38.2. The van der Waals surface area contributed by atoms with Crippen molar-refractivity contribution in [2.24, 2.45) is 28.7 Å². The molecule has 3 N–H and O–H groups in total. The topological polar surface area (TPSA) is 184 Å². The van der Waals surface area contributed by atoms with Crippen LogP contribution in [0.25, 0.3) is 0 Å². The molecule has 4 saturated heterocycles. The van der Waals surface area contributed by atoms with Crippen LogP contribution in [0.5, 0.6) is 0 Å². The smallest absolute Gasteiger partial charge is 0.311 e. The molecule has 0 aromatic carbocycles. The van der Waals surface area contributed by atoms with Crippen molar-refractivity contribution in [3.63, 3.8) is 0 Å². The molecule has 4 rings (SSSR count). The van der Waals surface area contributed by atoms with Gasteiger partial charge in [0, 0.05) is 52.0 Å². The van der Waals surface area contributed by atoms with Crippen LogP contribution in [-0.2, 0) is 47.5 Å². The fourth-order valence-corrected chi connectivity index (χ4v) is 9.87. The lowest BCUT2D eigenvalue weighted by Gasteiger charge is -2.49. The molecule has 18 atom stereocenters. The van der Waals surface area contributed by atoms with Crippen LogP contribution >= 0.6 is 11.8 Å². The minimum absolute atomic E-state index is 0.103. The molecule has 0 spiro atoms. The first-order valence-corrected chi connectivity index (χ1v) is 22.5. The maximum atomic E-state index is 14.4. The van der Waals surface area contributed by atoms with Gasteiger partial charge in [0.05, 0.1) is 53.7 Å². The van der Waals surface area contributed by atoms with Gasteiger partial charge >= 0.3 is 5.97 Å². The number of fused-ring (bicyclic) bond motifs is 1. The second kappa shape index (κ2) is 20.1. The Morgan fingerprint density at radius 2 is 1.57 bits per heavy atom. The van der Waals surface area contributed by atoms with Gasteiger partial charge in [-0.3, -0.25) is 9.59 Å². The zero-order chi connectivity index (χ0) is 43.5. The molecule has 0 saturated carbocycles. The van der Waals surface area contributed by atoms with E-state index in [0.717, 1.165) is 12.2 Å². The number of hydrogen-bond acceptors (Lipinski definition) is 15. The fraction of sp³-hybridized carbons (Fsp3) is 0.929. The summed E-state index contributed by atoms with van der Waals surface area (Å²) in [6, 6.07) is 0.419. The third kappa shape index (κ3) is 10.4. The van der Waals surface area contributed by atoms with E-state index in [4.69, 9.17) is 42.9 Å². The van der Waals surface area contributed by atoms with E-state index >= 15 is 0 Å². The maximum absolute atomic E-state index is 14.4. The summed E-state index contributed by atoms with van der Waals surface area (Å²) in [5.74, 6) is -3.36. The molecule has 0 bridgehead atoms. The van der Waals surface area contributed by atoms with E-state index in [-0.39, 0.29) is 37.2 Å². The summed E-state index contributed by atoms with van der Waals surface area (Å²) in [5.41, 5.74) is -4.21. The number of ketones is 1. The van der Waals surface area contributed by atoms with Crippen LogP contribution in [0, 0.1) is 23.7 Å². The van der Waals surface area contributed by atoms with Gasteiger partial charge in [-0.05, 0) is 79.2 Å². The molecular formula is C42H74N2O13S. The highest BCUT2D eigenvalue weighted by Crippen LogP contribution is 2.43. The average Bonchev–Trinajstić information content (AvgIpc) is 3.50. The Morgan fingerprint density at radius 3 is 2.17 bits per heavy atom. The number of carbonyl (C=O) groups is 2. The van der Waals surface area contributed by atoms with Gasteiger partial charge in [-0.1, -0.05) is 27.7 Å². The van der Waals surface area contributed by atoms with Gasteiger partial charge in [-0.15, -0.1) is 0 Å². The van der Waals surface area contributed by atoms with E-state index in [0.29, 0.717) is 19.0 Å². The van der Waals surface area contributed by atoms with Crippen LogP contribution in [0.4, 0.5) is 0 Å². The Labute approximate surface area is 350 Å². The van der Waals surface area contributed by atoms with Crippen molar-refractivity contribution in [1.29, 1.82) is 0 Å². The van der Waals surface area contributed by atoms with Crippen molar-refractivity contribution < 1.29 is 62.8 Å². The molecule has 0 amide bonds. The molecule has 58 heavy (non-hydrogen) atoms. The minimum atomic E-state index is -1.96.